The fraction of sp³-hybridized carbons (Fsp3) is 1.00. The molecule has 0 amide bonds. The molecule has 25 heavy (non-hydrogen) atoms. The molecule has 0 radical (unpaired) electrons. The van der Waals surface area contributed by atoms with Crippen LogP contribution in [-0.4, -0.2) is 35.8 Å². The first kappa shape index (κ1) is 27.3. The first-order valence-electron chi connectivity index (χ1n) is 10.7. The van der Waals surface area contributed by atoms with Gasteiger partial charge >= 0.3 is 0 Å². The lowest BCUT2D eigenvalue weighted by atomic mass is 9.80. The Hall–Kier alpha value is 0.0969. The molecule has 2 unspecified atom stereocenters. The van der Waals surface area contributed by atoms with Crippen LogP contribution in [0.3, 0.4) is 0 Å². The van der Waals surface area contributed by atoms with E-state index in [9.17, 15) is 0 Å². The van der Waals surface area contributed by atoms with E-state index in [4.69, 9.17) is 14.9 Å². The Morgan fingerprint density at radius 2 is 1.44 bits per heavy atom. The number of rotatable bonds is 15. The third-order valence-electron chi connectivity index (χ3n) is 4.66. The second-order valence-electron chi connectivity index (χ2n) is 8.01. The van der Waals surface area contributed by atoms with Gasteiger partial charge in [0.1, 0.15) is 10.5 Å². The van der Waals surface area contributed by atoms with Crippen molar-refractivity contribution in [3.8, 4) is 0 Å². The van der Waals surface area contributed by atoms with Crippen LogP contribution in [0.1, 0.15) is 106 Å². The van der Waals surface area contributed by atoms with Crippen molar-refractivity contribution in [1.29, 1.82) is 0 Å². The van der Waals surface area contributed by atoms with Crippen LogP contribution in [0.15, 0.2) is 0 Å². The molecule has 0 aliphatic heterocycles. The second-order valence-corrected chi connectivity index (χ2v) is 8.58. The lowest BCUT2D eigenvalue weighted by Gasteiger charge is -2.32. The average Bonchev–Trinajstić information content (AvgIpc) is 2.58. The molecule has 0 spiro atoms. The summed E-state index contributed by atoms with van der Waals surface area (Å²) in [5, 5.41) is 0. The molecule has 0 bridgehead atoms. The highest BCUT2D eigenvalue weighted by atomic mass is 28.2. The molecule has 0 aromatic carbocycles. The monoisotopic (exact) mass is 375 g/mol. The summed E-state index contributed by atoms with van der Waals surface area (Å²) in [5.74, 6) is 0. The van der Waals surface area contributed by atoms with E-state index in [1.54, 1.807) is 0 Å². The van der Waals surface area contributed by atoms with Gasteiger partial charge in [-0.2, -0.15) is 0 Å². The van der Waals surface area contributed by atoms with E-state index < -0.39 is 0 Å². The maximum Gasteiger partial charge on any atom is 0.145 e. The SMILES string of the molecule is CCCCCOC(CC(C)(C)CCC)C(N)CC.CCCCCO[SiH3]. The zero-order valence-electron chi connectivity index (χ0n) is 18.5. The number of hydrogen-bond acceptors (Lipinski definition) is 3. The molecular weight excluding hydrogens is 326 g/mol. The molecule has 0 aliphatic rings. The van der Waals surface area contributed by atoms with Crippen LogP contribution in [0.4, 0.5) is 0 Å². The normalized spacial score (nSPS) is 14.0. The van der Waals surface area contributed by atoms with Gasteiger partial charge in [0.05, 0.1) is 6.10 Å². The fourth-order valence-corrected chi connectivity index (χ4v) is 3.29. The zero-order valence-corrected chi connectivity index (χ0v) is 20.5. The minimum atomic E-state index is 0.183. The Balaban J connectivity index is 0. The van der Waals surface area contributed by atoms with E-state index >= 15 is 0 Å². The first-order valence-corrected chi connectivity index (χ1v) is 11.6. The molecule has 0 rings (SSSR count). The maximum atomic E-state index is 6.21. The van der Waals surface area contributed by atoms with Gasteiger partial charge in [-0.1, -0.05) is 73.6 Å². The summed E-state index contributed by atoms with van der Waals surface area (Å²) in [4.78, 5) is 0. The molecule has 4 heteroatoms. The van der Waals surface area contributed by atoms with E-state index in [0.717, 1.165) is 43.0 Å². The molecule has 0 aromatic rings. The summed E-state index contributed by atoms with van der Waals surface area (Å²) >= 11 is 0. The van der Waals surface area contributed by atoms with Crippen molar-refractivity contribution >= 4 is 10.5 Å². The van der Waals surface area contributed by atoms with Crippen LogP contribution in [-0.2, 0) is 9.16 Å². The van der Waals surface area contributed by atoms with Gasteiger partial charge in [0, 0.05) is 19.3 Å². The van der Waals surface area contributed by atoms with Crippen LogP contribution in [0.5, 0.6) is 0 Å². The summed E-state index contributed by atoms with van der Waals surface area (Å²) < 4.78 is 11.0. The van der Waals surface area contributed by atoms with Crippen LogP contribution >= 0.6 is 0 Å². The van der Waals surface area contributed by atoms with Crippen molar-refractivity contribution in [2.75, 3.05) is 13.2 Å². The molecule has 2 N–H and O–H groups in total. The number of hydrogen-bond donors (Lipinski definition) is 1. The molecular formula is C21H49NO2Si. The Morgan fingerprint density at radius 3 is 1.88 bits per heavy atom. The molecule has 0 heterocycles. The van der Waals surface area contributed by atoms with Crippen LogP contribution in [0, 0.1) is 5.41 Å². The Labute approximate surface area is 162 Å². The largest absolute Gasteiger partial charge is 0.428 e. The quantitative estimate of drug-likeness (QED) is 0.324. The Morgan fingerprint density at radius 1 is 0.880 bits per heavy atom. The zero-order chi connectivity index (χ0) is 19.6. The highest BCUT2D eigenvalue weighted by Gasteiger charge is 2.26. The van der Waals surface area contributed by atoms with Gasteiger partial charge in [0.2, 0.25) is 0 Å². The van der Waals surface area contributed by atoms with Crippen molar-refractivity contribution < 1.29 is 9.16 Å². The Bertz CT molecular complexity index is 258. The van der Waals surface area contributed by atoms with Gasteiger partial charge in [-0.3, -0.25) is 0 Å². The standard InChI is InChI=1S/C16H35NO.C5H14OSi/c1-6-9-10-12-18-15(14(17)8-3)13-16(4,5)11-7-2;1-2-3-4-5-6-7/h14-15H,6-13,17H2,1-5H3;2-5H2,1,7H3. The van der Waals surface area contributed by atoms with Crippen molar-refractivity contribution in [2.45, 2.75) is 118 Å². The lowest BCUT2D eigenvalue weighted by molar-refractivity contribution is 0.00225. The minimum Gasteiger partial charge on any atom is -0.428 e. The summed E-state index contributed by atoms with van der Waals surface area (Å²) in [7, 11) is 0.906. The maximum absolute atomic E-state index is 6.21. The third kappa shape index (κ3) is 18.7. The molecule has 154 valence electrons. The summed E-state index contributed by atoms with van der Waals surface area (Å²) in [6.07, 6.45) is 12.3. The highest BCUT2D eigenvalue weighted by molar-refractivity contribution is 5.97. The molecule has 0 aromatic heterocycles. The lowest BCUT2D eigenvalue weighted by Crippen LogP contribution is -2.39. The number of ether oxygens (including phenoxy) is 1. The molecule has 0 fully saturated rings. The summed E-state index contributed by atoms with van der Waals surface area (Å²) in [6, 6.07) is 0.183. The van der Waals surface area contributed by atoms with Gasteiger partial charge in [-0.15, -0.1) is 0 Å². The van der Waals surface area contributed by atoms with E-state index in [2.05, 4.69) is 41.5 Å². The topological polar surface area (TPSA) is 44.5 Å². The average molecular weight is 376 g/mol. The van der Waals surface area contributed by atoms with E-state index in [-0.39, 0.29) is 12.1 Å². The van der Waals surface area contributed by atoms with Crippen molar-refractivity contribution in [1.82, 2.24) is 0 Å². The molecule has 2 atom stereocenters. The van der Waals surface area contributed by atoms with Gasteiger partial charge < -0.3 is 14.9 Å². The molecule has 0 saturated heterocycles. The fourth-order valence-electron chi connectivity index (χ4n) is 3.00. The Kier molecular flexibility index (Phi) is 20.6. The number of nitrogens with two attached hydrogens (primary N) is 1. The molecule has 3 nitrogen and oxygen atoms in total. The van der Waals surface area contributed by atoms with E-state index in [0.29, 0.717) is 5.41 Å². The van der Waals surface area contributed by atoms with Crippen molar-refractivity contribution in [2.24, 2.45) is 11.1 Å². The minimum absolute atomic E-state index is 0.183. The van der Waals surface area contributed by atoms with Gasteiger partial charge in [-0.25, -0.2) is 0 Å². The van der Waals surface area contributed by atoms with Crippen LogP contribution in [0.25, 0.3) is 0 Å². The van der Waals surface area contributed by atoms with Crippen molar-refractivity contribution in [3.63, 3.8) is 0 Å². The molecule has 0 aliphatic carbocycles. The van der Waals surface area contributed by atoms with E-state index in [1.807, 2.05) is 0 Å². The molecule has 0 saturated carbocycles. The predicted molar refractivity (Wildman–Crippen MR) is 116 cm³/mol. The first-order chi connectivity index (χ1) is 11.9. The van der Waals surface area contributed by atoms with E-state index in [1.165, 1.54) is 44.9 Å². The highest BCUT2D eigenvalue weighted by Crippen LogP contribution is 2.30. The van der Waals surface area contributed by atoms with Gasteiger partial charge in [-0.05, 0) is 37.5 Å². The number of unbranched alkanes of at least 4 members (excludes halogenated alkanes) is 4. The van der Waals surface area contributed by atoms with Gasteiger partial charge in [0.15, 0.2) is 0 Å². The van der Waals surface area contributed by atoms with Crippen LogP contribution in [0.2, 0.25) is 0 Å². The predicted octanol–water partition coefficient (Wildman–Crippen LogP) is 4.99. The smallest absolute Gasteiger partial charge is 0.145 e. The summed E-state index contributed by atoms with van der Waals surface area (Å²) in [6.45, 7) is 15.3. The van der Waals surface area contributed by atoms with Crippen molar-refractivity contribution in [3.05, 3.63) is 0 Å². The van der Waals surface area contributed by atoms with Gasteiger partial charge in [0.25, 0.3) is 0 Å². The summed E-state index contributed by atoms with van der Waals surface area (Å²) in [5.41, 5.74) is 6.55. The van der Waals surface area contributed by atoms with Crippen LogP contribution < -0.4 is 5.73 Å². The third-order valence-corrected chi connectivity index (χ3v) is 5.07. The second kappa shape index (κ2) is 18.9.